The zero-order chi connectivity index (χ0) is 10.9. The van der Waals surface area contributed by atoms with E-state index in [1.54, 1.807) is 0 Å². The molecule has 15 heavy (non-hydrogen) atoms. The van der Waals surface area contributed by atoms with Crippen LogP contribution in [0, 0.1) is 0 Å². The molecule has 0 saturated heterocycles. The van der Waals surface area contributed by atoms with Gasteiger partial charge in [0, 0.05) is 40.1 Å². The molecule has 0 spiro atoms. The minimum atomic E-state index is -4.17. The molecule has 0 aliphatic heterocycles. The third-order valence-electron chi connectivity index (χ3n) is 1.47. The van der Waals surface area contributed by atoms with Gasteiger partial charge < -0.3 is 0 Å². The summed E-state index contributed by atoms with van der Waals surface area (Å²) < 4.78 is 29.8. The molecule has 0 bridgehead atoms. The van der Waals surface area contributed by atoms with Crippen molar-refractivity contribution in [2.45, 2.75) is 5.75 Å². The Kier molecular flexibility index (Phi) is 6.48. The van der Waals surface area contributed by atoms with Crippen LogP contribution in [0.25, 0.3) is 0 Å². The second-order valence-electron chi connectivity index (χ2n) is 2.55. The molecular formula is C7H5Cl3NaO3S. The zero-order valence-electron chi connectivity index (χ0n) is 7.67. The van der Waals surface area contributed by atoms with Crippen LogP contribution in [-0.4, -0.2) is 42.5 Å². The van der Waals surface area contributed by atoms with Crippen molar-refractivity contribution in [1.29, 1.82) is 0 Å². The first-order chi connectivity index (χ1) is 6.31. The van der Waals surface area contributed by atoms with Crippen molar-refractivity contribution in [3.8, 4) is 0 Å². The van der Waals surface area contributed by atoms with Crippen LogP contribution in [0.4, 0.5) is 0 Å². The Bertz CT molecular complexity index is 461. The number of rotatable bonds is 2. The van der Waals surface area contributed by atoms with Crippen LogP contribution in [-0.2, 0) is 15.9 Å². The fraction of sp³-hybridized carbons (Fsp3) is 0.143. The van der Waals surface area contributed by atoms with E-state index in [1.807, 2.05) is 0 Å². The molecule has 0 aliphatic rings. The summed E-state index contributed by atoms with van der Waals surface area (Å²) in [6.45, 7) is 0. The van der Waals surface area contributed by atoms with Gasteiger partial charge in [-0.25, -0.2) is 0 Å². The summed E-state index contributed by atoms with van der Waals surface area (Å²) in [6.07, 6.45) is 0. The van der Waals surface area contributed by atoms with Crippen LogP contribution in [0.1, 0.15) is 5.56 Å². The molecule has 0 fully saturated rings. The van der Waals surface area contributed by atoms with Gasteiger partial charge >= 0.3 is 0 Å². The van der Waals surface area contributed by atoms with Gasteiger partial charge in [-0.3, -0.25) is 4.55 Å². The predicted molar refractivity (Wildman–Crippen MR) is 62.5 cm³/mol. The van der Waals surface area contributed by atoms with Crippen molar-refractivity contribution in [1.82, 2.24) is 0 Å². The van der Waals surface area contributed by atoms with Gasteiger partial charge in [0.15, 0.2) is 0 Å². The van der Waals surface area contributed by atoms with Crippen LogP contribution in [0.5, 0.6) is 0 Å². The van der Waals surface area contributed by atoms with Gasteiger partial charge in [0.2, 0.25) is 0 Å². The van der Waals surface area contributed by atoms with Crippen LogP contribution in [0.2, 0.25) is 15.1 Å². The molecule has 3 nitrogen and oxygen atoms in total. The van der Waals surface area contributed by atoms with Crippen molar-refractivity contribution in [3.63, 3.8) is 0 Å². The number of halogens is 3. The van der Waals surface area contributed by atoms with Gasteiger partial charge in [-0.1, -0.05) is 34.8 Å². The fourth-order valence-electron chi connectivity index (χ4n) is 0.884. The molecule has 1 aromatic carbocycles. The molecule has 0 atom stereocenters. The summed E-state index contributed by atoms with van der Waals surface area (Å²) in [5.41, 5.74) is 0.100. The van der Waals surface area contributed by atoms with Crippen LogP contribution in [0.3, 0.4) is 0 Å². The minimum Gasteiger partial charge on any atom is -0.285 e. The second kappa shape index (κ2) is 6.07. The van der Waals surface area contributed by atoms with E-state index in [1.165, 1.54) is 12.1 Å². The molecule has 8 heteroatoms. The van der Waals surface area contributed by atoms with Crippen molar-refractivity contribution in [2.24, 2.45) is 0 Å². The maximum absolute atomic E-state index is 10.6. The zero-order valence-corrected chi connectivity index (χ0v) is 12.8. The van der Waals surface area contributed by atoms with Gasteiger partial charge in [-0.15, -0.1) is 0 Å². The van der Waals surface area contributed by atoms with E-state index in [9.17, 15) is 8.42 Å². The maximum Gasteiger partial charge on any atom is 0.269 e. The first kappa shape index (κ1) is 16.0. The third-order valence-corrected chi connectivity index (χ3v) is 3.32. The smallest absolute Gasteiger partial charge is 0.269 e. The van der Waals surface area contributed by atoms with E-state index in [-0.39, 0.29) is 50.2 Å². The molecule has 1 aromatic rings. The molecule has 0 unspecified atom stereocenters. The molecule has 0 aliphatic carbocycles. The molecule has 1 rings (SSSR count). The summed E-state index contributed by atoms with van der Waals surface area (Å²) >= 11 is 17.0. The van der Waals surface area contributed by atoms with E-state index >= 15 is 0 Å². The summed E-state index contributed by atoms with van der Waals surface area (Å²) in [5, 5.41) is 0.378. The molecule has 0 heterocycles. The number of hydrogen-bond acceptors (Lipinski definition) is 2. The Morgan fingerprint density at radius 3 is 2.07 bits per heavy atom. The average Bonchev–Trinajstić information content (AvgIpc) is 2.04. The first-order valence-electron chi connectivity index (χ1n) is 3.39. The quantitative estimate of drug-likeness (QED) is 0.519. The molecular weight excluding hydrogens is 293 g/mol. The fourth-order valence-corrected chi connectivity index (χ4v) is 2.39. The van der Waals surface area contributed by atoms with Gasteiger partial charge in [0.1, 0.15) is 5.75 Å². The Balaban J connectivity index is 0.00000196. The van der Waals surface area contributed by atoms with Crippen molar-refractivity contribution < 1.29 is 13.0 Å². The van der Waals surface area contributed by atoms with Crippen molar-refractivity contribution in [2.75, 3.05) is 0 Å². The van der Waals surface area contributed by atoms with E-state index in [0.29, 0.717) is 0 Å². The maximum atomic E-state index is 10.6. The summed E-state index contributed by atoms with van der Waals surface area (Å²) in [4.78, 5) is 0. The molecule has 0 saturated carbocycles. The van der Waals surface area contributed by atoms with E-state index < -0.39 is 15.9 Å². The predicted octanol–water partition coefficient (Wildman–Crippen LogP) is 2.65. The van der Waals surface area contributed by atoms with Crippen LogP contribution < -0.4 is 0 Å². The topological polar surface area (TPSA) is 54.4 Å². The van der Waals surface area contributed by atoms with Gasteiger partial charge in [-0.05, 0) is 12.1 Å². The van der Waals surface area contributed by atoms with E-state index in [2.05, 4.69) is 0 Å². The average molecular weight is 299 g/mol. The van der Waals surface area contributed by atoms with Crippen LogP contribution in [0.15, 0.2) is 12.1 Å². The normalized spacial score (nSPS) is 10.9. The molecule has 79 valence electrons. The molecule has 0 amide bonds. The number of hydrogen-bond donors (Lipinski definition) is 1. The van der Waals surface area contributed by atoms with Crippen molar-refractivity contribution in [3.05, 3.63) is 32.8 Å². The minimum absolute atomic E-state index is 0. The van der Waals surface area contributed by atoms with E-state index in [4.69, 9.17) is 39.4 Å². The molecule has 0 aromatic heterocycles. The Morgan fingerprint density at radius 2 is 1.60 bits per heavy atom. The molecule has 1 N–H and O–H groups in total. The van der Waals surface area contributed by atoms with Gasteiger partial charge in [-0.2, -0.15) is 8.42 Å². The SMILES string of the molecule is O=S(=O)(O)Cc1c(Cl)ccc(Cl)c1Cl.[Na]. The Morgan fingerprint density at radius 1 is 1.13 bits per heavy atom. The third kappa shape index (κ3) is 4.79. The van der Waals surface area contributed by atoms with Gasteiger partial charge in [0.25, 0.3) is 10.1 Å². The van der Waals surface area contributed by atoms with E-state index in [0.717, 1.165) is 0 Å². The summed E-state index contributed by atoms with van der Waals surface area (Å²) in [7, 11) is -4.17. The summed E-state index contributed by atoms with van der Waals surface area (Å²) in [5.74, 6) is -0.648. The standard InChI is InChI=1S/C7H5Cl3O3S.Na/c8-5-1-2-6(9)7(10)4(5)3-14(11,12)13;/h1-2H,3H2,(H,11,12,13);. The van der Waals surface area contributed by atoms with Crippen LogP contribution >= 0.6 is 34.8 Å². The largest absolute Gasteiger partial charge is 0.285 e. The molecule has 1 radical (unpaired) electrons. The first-order valence-corrected chi connectivity index (χ1v) is 6.13. The monoisotopic (exact) mass is 297 g/mol. The Labute approximate surface area is 125 Å². The van der Waals surface area contributed by atoms with Crippen molar-refractivity contribution >= 4 is 74.5 Å². The van der Waals surface area contributed by atoms with Gasteiger partial charge in [0.05, 0.1) is 10.0 Å². The Hall–Kier alpha value is 1.000. The summed E-state index contributed by atoms with van der Waals surface area (Å²) in [6, 6.07) is 2.86. The number of benzene rings is 1. The second-order valence-corrected chi connectivity index (χ2v) is 5.19.